The van der Waals surface area contributed by atoms with E-state index in [-0.39, 0.29) is 6.79 Å². The summed E-state index contributed by atoms with van der Waals surface area (Å²) in [6.45, 7) is 5.35. The Balaban J connectivity index is 3.84. The second kappa shape index (κ2) is 15.5. The van der Waals surface area contributed by atoms with Crippen LogP contribution in [0.15, 0.2) is 11.7 Å². The molecule has 0 heterocycles. The summed E-state index contributed by atoms with van der Waals surface area (Å²) in [5.41, 5.74) is 0. The fourth-order valence-corrected chi connectivity index (χ4v) is 2.04. The van der Waals surface area contributed by atoms with E-state index in [4.69, 9.17) is 18.9 Å². The fourth-order valence-electron chi connectivity index (χ4n) is 2.04. The van der Waals surface area contributed by atoms with Crippen LogP contribution in [0.3, 0.4) is 0 Å². The van der Waals surface area contributed by atoms with Gasteiger partial charge in [-0.15, -0.1) is 0 Å². The summed E-state index contributed by atoms with van der Waals surface area (Å²) in [7, 11) is 3.25. The molecule has 126 valence electrons. The Morgan fingerprint density at radius 3 is 2.05 bits per heavy atom. The van der Waals surface area contributed by atoms with Crippen molar-refractivity contribution >= 4 is 0 Å². The van der Waals surface area contributed by atoms with Gasteiger partial charge < -0.3 is 18.9 Å². The molecule has 0 fully saturated rings. The van der Waals surface area contributed by atoms with E-state index in [1.165, 1.54) is 38.5 Å². The van der Waals surface area contributed by atoms with E-state index in [2.05, 4.69) is 13.8 Å². The van der Waals surface area contributed by atoms with Gasteiger partial charge in [-0.3, -0.25) is 0 Å². The third kappa shape index (κ3) is 11.4. The lowest BCUT2D eigenvalue weighted by atomic mass is 10.2. The Bertz CT molecular complexity index is 251. The molecule has 21 heavy (non-hydrogen) atoms. The lowest BCUT2D eigenvalue weighted by Crippen LogP contribution is -2.06. The van der Waals surface area contributed by atoms with Crippen molar-refractivity contribution in [3.63, 3.8) is 0 Å². The Kier molecular flexibility index (Phi) is 14.8. The predicted octanol–water partition coefficient (Wildman–Crippen LogP) is 4.99. The van der Waals surface area contributed by atoms with Crippen LogP contribution in [0.1, 0.15) is 71.6 Å². The van der Waals surface area contributed by atoms with Crippen LogP contribution in [0.2, 0.25) is 0 Å². The standard InChI is InChI=1S/C17H34O4/c1-5-7-9-10-12-14-20-15-21-17(19-4)16(18-3)13-11-8-6-2/h5-15H2,1-4H3/b17-16-. The topological polar surface area (TPSA) is 36.9 Å². The van der Waals surface area contributed by atoms with Crippen LogP contribution >= 0.6 is 0 Å². The molecule has 0 amide bonds. The quantitative estimate of drug-likeness (QED) is 0.242. The molecule has 0 N–H and O–H groups in total. The number of rotatable bonds is 15. The largest absolute Gasteiger partial charge is 0.494 e. The van der Waals surface area contributed by atoms with Crippen molar-refractivity contribution in [2.45, 2.75) is 71.6 Å². The zero-order chi connectivity index (χ0) is 15.8. The highest BCUT2D eigenvalue weighted by molar-refractivity contribution is 4.94. The summed E-state index contributed by atoms with van der Waals surface area (Å²) < 4.78 is 21.6. The van der Waals surface area contributed by atoms with E-state index in [1.807, 2.05) is 0 Å². The van der Waals surface area contributed by atoms with Crippen molar-refractivity contribution in [2.24, 2.45) is 0 Å². The molecule has 0 aromatic heterocycles. The summed E-state index contributed by atoms with van der Waals surface area (Å²) >= 11 is 0. The zero-order valence-electron chi connectivity index (χ0n) is 14.4. The maximum absolute atomic E-state index is 5.51. The molecule has 0 saturated carbocycles. The van der Waals surface area contributed by atoms with Crippen LogP contribution in [-0.4, -0.2) is 27.6 Å². The van der Waals surface area contributed by atoms with Gasteiger partial charge >= 0.3 is 5.95 Å². The minimum atomic E-state index is 0.220. The molecular formula is C17H34O4. The van der Waals surface area contributed by atoms with Crippen LogP contribution < -0.4 is 0 Å². The molecular weight excluding hydrogens is 268 g/mol. The van der Waals surface area contributed by atoms with Gasteiger partial charge in [0.25, 0.3) is 0 Å². The second-order valence-electron chi connectivity index (χ2n) is 5.16. The normalized spacial score (nSPS) is 12.0. The molecule has 0 aromatic rings. The van der Waals surface area contributed by atoms with E-state index in [1.54, 1.807) is 14.2 Å². The Morgan fingerprint density at radius 2 is 1.43 bits per heavy atom. The number of hydrogen-bond acceptors (Lipinski definition) is 4. The molecule has 0 radical (unpaired) electrons. The molecule has 0 rings (SSSR count). The third-order valence-electron chi connectivity index (χ3n) is 3.33. The van der Waals surface area contributed by atoms with Gasteiger partial charge in [-0.1, -0.05) is 52.4 Å². The van der Waals surface area contributed by atoms with E-state index in [0.717, 1.165) is 31.6 Å². The summed E-state index contributed by atoms with van der Waals surface area (Å²) in [6, 6.07) is 0. The number of ether oxygens (including phenoxy) is 4. The molecule has 0 unspecified atom stereocenters. The minimum Gasteiger partial charge on any atom is -0.494 e. The van der Waals surface area contributed by atoms with Gasteiger partial charge in [0.1, 0.15) is 0 Å². The van der Waals surface area contributed by atoms with Crippen molar-refractivity contribution in [1.29, 1.82) is 0 Å². The van der Waals surface area contributed by atoms with Crippen molar-refractivity contribution in [2.75, 3.05) is 27.6 Å². The van der Waals surface area contributed by atoms with Gasteiger partial charge in [0, 0.05) is 6.42 Å². The van der Waals surface area contributed by atoms with Gasteiger partial charge in [-0.2, -0.15) is 0 Å². The first kappa shape index (κ1) is 20.1. The highest BCUT2D eigenvalue weighted by Crippen LogP contribution is 2.16. The zero-order valence-corrected chi connectivity index (χ0v) is 14.4. The number of unbranched alkanes of at least 4 members (excludes halogenated alkanes) is 6. The summed E-state index contributed by atoms with van der Waals surface area (Å²) in [5, 5.41) is 0. The lowest BCUT2D eigenvalue weighted by molar-refractivity contribution is -0.0747. The minimum absolute atomic E-state index is 0.220. The van der Waals surface area contributed by atoms with Crippen LogP contribution in [0.4, 0.5) is 0 Å². The van der Waals surface area contributed by atoms with Gasteiger partial charge in [-0.05, 0) is 12.8 Å². The molecule has 0 saturated heterocycles. The smallest absolute Gasteiger partial charge is 0.320 e. The lowest BCUT2D eigenvalue weighted by Gasteiger charge is -2.14. The summed E-state index contributed by atoms with van der Waals surface area (Å²) in [5.74, 6) is 1.21. The van der Waals surface area contributed by atoms with E-state index >= 15 is 0 Å². The van der Waals surface area contributed by atoms with Crippen LogP contribution in [0, 0.1) is 0 Å². The fraction of sp³-hybridized carbons (Fsp3) is 0.882. The molecule has 0 aliphatic carbocycles. The van der Waals surface area contributed by atoms with Gasteiger partial charge in [-0.25, -0.2) is 0 Å². The first-order valence-corrected chi connectivity index (χ1v) is 8.31. The average Bonchev–Trinajstić information content (AvgIpc) is 2.51. The van der Waals surface area contributed by atoms with Crippen molar-refractivity contribution in [3.8, 4) is 0 Å². The molecule has 0 aliphatic rings. The van der Waals surface area contributed by atoms with Crippen molar-refractivity contribution in [1.82, 2.24) is 0 Å². The van der Waals surface area contributed by atoms with Crippen LogP contribution in [0.25, 0.3) is 0 Å². The predicted molar refractivity (Wildman–Crippen MR) is 85.8 cm³/mol. The Morgan fingerprint density at radius 1 is 0.762 bits per heavy atom. The average molecular weight is 302 g/mol. The second-order valence-corrected chi connectivity index (χ2v) is 5.16. The SMILES string of the molecule is CCCCCCCOCO/C(OC)=C(/CCCCC)OC. The Hall–Kier alpha value is -0.900. The molecule has 0 aliphatic heterocycles. The maximum Gasteiger partial charge on any atom is 0.320 e. The molecule has 0 bridgehead atoms. The molecule has 4 nitrogen and oxygen atoms in total. The molecule has 0 spiro atoms. The van der Waals surface area contributed by atoms with E-state index < -0.39 is 0 Å². The van der Waals surface area contributed by atoms with E-state index in [0.29, 0.717) is 5.95 Å². The van der Waals surface area contributed by atoms with Crippen LogP contribution in [-0.2, 0) is 18.9 Å². The first-order chi connectivity index (χ1) is 10.3. The summed E-state index contributed by atoms with van der Waals surface area (Å²) in [4.78, 5) is 0. The summed E-state index contributed by atoms with van der Waals surface area (Å²) in [6.07, 6.45) is 10.4. The highest BCUT2D eigenvalue weighted by atomic mass is 16.7. The number of hydrogen-bond donors (Lipinski definition) is 0. The number of allylic oxidation sites excluding steroid dienone is 1. The molecule has 0 aromatic carbocycles. The van der Waals surface area contributed by atoms with Crippen molar-refractivity contribution < 1.29 is 18.9 Å². The Labute approximate surface area is 130 Å². The third-order valence-corrected chi connectivity index (χ3v) is 3.33. The van der Waals surface area contributed by atoms with Crippen LogP contribution in [0.5, 0.6) is 0 Å². The van der Waals surface area contributed by atoms with Gasteiger partial charge in [0.2, 0.25) is 0 Å². The monoisotopic (exact) mass is 302 g/mol. The maximum atomic E-state index is 5.51. The van der Waals surface area contributed by atoms with E-state index in [9.17, 15) is 0 Å². The van der Waals surface area contributed by atoms with Gasteiger partial charge in [0.15, 0.2) is 12.6 Å². The first-order valence-electron chi connectivity index (χ1n) is 8.31. The van der Waals surface area contributed by atoms with Crippen molar-refractivity contribution in [3.05, 3.63) is 11.7 Å². The van der Waals surface area contributed by atoms with Gasteiger partial charge in [0.05, 0.1) is 20.8 Å². The number of methoxy groups -OCH3 is 2. The molecule has 0 atom stereocenters. The highest BCUT2D eigenvalue weighted by Gasteiger charge is 2.09. The molecule has 4 heteroatoms.